The summed E-state index contributed by atoms with van der Waals surface area (Å²) in [5.74, 6) is -0.375. The summed E-state index contributed by atoms with van der Waals surface area (Å²) >= 11 is 0. The summed E-state index contributed by atoms with van der Waals surface area (Å²) in [5.41, 5.74) is 1.37. The van der Waals surface area contributed by atoms with Gasteiger partial charge in [0.15, 0.2) is 0 Å². The fraction of sp³-hybridized carbons (Fsp3) is 0.333. The molecule has 0 radical (unpaired) electrons. The molecule has 4 nitrogen and oxygen atoms in total. The quantitative estimate of drug-likeness (QED) is 0.429. The second-order valence-electron chi connectivity index (χ2n) is 3.94. The summed E-state index contributed by atoms with van der Waals surface area (Å²) in [5, 5.41) is 8.75. The summed E-state index contributed by atoms with van der Waals surface area (Å²) in [6.07, 6.45) is 4.67. The Balaban J connectivity index is 2.35. The third kappa shape index (κ3) is 6.39. The number of hydrogen-bond donors (Lipinski definition) is 0. The van der Waals surface area contributed by atoms with Crippen LogP contribution in [0.1, 0.15) is 24.0 Å². The van der Waals surface area contributed by atoms with E-state index in [0.29, 0.717) is 18.8 Å². The first-order chi connectivity index (χ1) is 9.26. The number of carbonyl (C=O) groups is 1. The number of esters is 1. The molecule has 0 aliphatic carbocycles. The molecule has 4 heteroatoms. The zero-order chi connectivity index (χ0) is 13.9. The Kier molecular flexibility index (Phi) is 7.00. The minimum Gasteiger partial charge on any atom is -0.463 e. The molecule has 0 aromatic heterocycles. The van der Waals surface area contributed by atoms with Crippen LogP contribution in [0.15, 0.2) is 30.3 Å². The van der Waals surface area contributed by atoms with Gasteiger partial charge in [0.1, 0.15) is 0 Å². The lowest BCUT2D eigenvalue weighted by Crippen LogP contribution is -2.03. The molecule has 0 saturated heterocycles. The monoisotopic (exact) mass is 259 g/mol. The van der Waals surface area contributed by atoms with Gasteiger partial charge in [-0.15, -0.1) is 0 Å². The molecule has 0 saturated carbocycles. The maximum Gasteiger partial charge on any atom is 0.330 e. The number of ether oxygens (including phenoxy) is 2. The van der Waals surface area contributed by atoms with Crippen LogP contribution in [0.2, 0.25) is 0 Å². The normalized spacial score (nSPS) is 10.3. The van der Waals surface area contributed by atoms with E-state index >= 15 is 0 Å². The van der Waals surface area contributed by atoms with Crippen LogP contribution >= 0.6 is 0 Å². The first-order valence-electron chi connectivity index (χ1n) is 6.10. The van der Waals surface area contributed by atoms with Crippen molar-refractivity contribution in [1.82, 2.24) is 0 Å². The number of rotatable bonds is 7. The molecule has 1 rings (SSSR count). The predicted octanol–water partition coefficient (Wildman–Crippen LogP) is 2.54. The molecule has 1 aromatic carbocycles. The highest BCUT2D eigenvalue weighted by Crippen LogP contribution is 2.06. The van der Waals surface area contributed by atoms with Crippen molar-refractivity contribution in [3.05, 3.63) is 41.5 Å². The standard InChI is InChI=1S/C15H17NO3/c1-18-9-2-3-10-19-15(17)8-7-13-5-4-6-14(11-13)12-16/h4-8,11H,2-3,9-10H2,1H3/b8-7+. The van der Waals surface area contributed by atoms with E-state index < -0.39 is 0 Å². The molecule has 0 atom stereocenters. The smallest absolute Gasteiger partial charge is 0.330 e. The Bertz CT molecular complexity index is 475. The van der Waals surface area contributed by atoms with Gasteiger partial charge in [0, 0.05) is 19.8 Å². The van der Waals surface area contributed by atoms with Gasteiger partial charge in [0.2, 0.25) is 0 Å². The number of carbonyl (C=O) groups excluding carboxylic acids is 1. The fourth-order valence-corrected chi connectivity index (χ4v) is 1.45. The SMILES string of the molecule is COCCCCOC(=O)/C=C/c1cccc(C#N)c1. The molecule has 0 amide bonds. The van der Waals surface area contributed by atoms with Crippen molar-refractivity contribution in [2.75, 3.05) is 20.3 Å². The Morgan fingerprint density at radius 3 is 2.89 bits per heavy atom. The predicted molar refractivity (Wildman–Crippen MR) is 72.3 cm³/mol. The fourth-order valence-electron chi connectivity index (χ4n) is 1.45. The molecule has 0 unspecified atom stereocenters. The molecule has 100 valence electrons. The van der Waals surface area contributed by atoms with Gasteiger partial charge in [-0.2, -0.15) is 5.26 Å². The second kappa shape index (κ2) is 8.90. The van der Waals surface area contributed by atoms with Gasteiger partial charge in [-0.05, 0) is 36.6 Å². The number of nitrogens with zero attached hydrogens (tertiary/aromatic N) is 1. The van der Waals surface area contributed by atoms with Gasteiger partial charge in [-0.1, -0.05) is 12.1 Å². The third-order valence-electron chi connectivity index (χ3n) is 2.41. The van der Waals surface area contributed by atoms with Crippen LogP contribution in [-0.2, 0) is 14.3 Å². The molecule has 0 spiro atoms. The molecule has 1 aromatic rings. The van der Waals surface area contributed by atoms with E-state index in [1.807, 2.05) is 12.1 Å². The van der Waals surface area contributed by atoms with Crippen molar-refractivity contribution < 1.29 is 14.3 Å². The number of unbranched alkanes of at least 4 members (excludes halogenated alkanes) is 1. The summed E-state index contributed by atoms with van der Waals surface area (Å²) in [6, 6.07) is 9.07. The lowest BCUT2D eigenvalue weighted by molar-refractivity contribution is -0.137. The Morgan fingerprint density at radius 1 is 1.37 bits per heavy atom. The summed E-state index contributed by atoms with van der Waals surface area (Å²) in [4.78, 5) is 11.4. The highest BCUT2D eigenvalue weighted by Gasteiger charge is 1.97. The van der Waals surface area contributed by atoms with E-state index in [4.69, 9.17) is 14.7 Å². The van der Waals surface area contributed by atoms with E-state index in [-0.39, 0.29) is 5.97 Å². The van der Waals surface area contributed by atoms with E-state index in [2.05, 4.69) is 0 Å². The van der Waals surface area contributed by atoms with Crippen molar-refractivity contribution in [2.45, 2.75) is 12.8 Å². The number of benzene rings is 1. The van der Waals surface area contributed by atoms with E-state index in [1.165, 1.54) is 6.08 Å². The third-order valence-corrected chi connectivity index (χ3v) is 2.41. The maximum absolute atomic E-state index is 11.4. The molecule has 0 N–H and O–H groups in total. The van der Waals surface area contributed by atoms with Crippen molar-refractivity contribution in [3.8, 4) is 6.07 Å². The topological polar surface area (TPSA) is 59.3 Å². The average Bonchev–Trinajstić information content (AvgIpc) is 2.45. The zero-order valence-electron chi connectivity index (χ0n) is 11.0. The molecule has 0 heterocycles. The molecular weight excluding hydrogens is 242 g/mol. The molecule has 0 aliphatic rings. The van der Waals surface area contributed by atoms with E-state index in [9.17, 15) is 4.79 Å². The largest absolute Gasteiger partial charge is 0.463 e. The Morgan fingerprint density at radius 2 is 2.16 bits per heavy atom. The van der Waals surface area contributed by atoms with Crippen molar-refractivity contribution in [2.24, 2.45) is 0 Å². The summed E-state index contributed by atoms with van der Waals surface area (Å²) in [7, 11) is 1.64. The highest BCUT2D eigenvalue weighted by molar-refractivity contribution is 5.87. The second-order valence-corrected chi connectivity index (χ2v) is 3.94. The molecule has 0 fully saturated rings. The van der Waals surface area contributed by atoms with Crippen LogP contribution in [0.25, 0.3) is 6.08 Å². The van der Waals surface area contributed by atoms with Crippen molar-refractivity contribution in [1.29, 1.82) is 5.26 Å². The lowest BCUT2D eigenvalue weighted by atomic mass is 10.1. The maximum atomic E-state index is 11.4. The van der Waals surface area contributed by atoms with Gasteiger partial charge in [0.25, 0.3) is 0 Å². The molecule has 0 aliphatic heterocycles. The van der Waals surface area contributed by atoms with Crippen LogP contribution in [-0.4, -0.2) is 26.3 Å². The molecule has 0 bridgehead atoms. The van der Waals surface area contributed by atoms with Crippen molar-refractivity contribution in [3.63, 3.8) is 0 Å². The molecular formula is C15H17NO3. The highest BCUT2D eigenvalue weighted by atomic mass is 16.5. The summed E-state index contributed by atoms with van der Waals surface area (Å²) in [6.45, 7) is 1.07. The van der Waals surface area contributed by atoms with E-state index in [1.54, 1.807) is 31.4 Å². The van der Waals surface area contributed by atoms with Crippen LogP contribution in [0, 0.1) is 11.3 Å². The minimum atomic E-state index is -0.375. The van der Waals surface area contributed by atoms with Crippen LogP contribution in [0.3, 0.4) is 0 Å². The first-order valence-corrected chi connectivity index (χ1v) is 6.10. The first kappa shape index (κ1) is 14.9. The van der Waals surface area contributed by atoms with Gasteiger partial charge in [-0.25, -0.2) is 4.79 Å². The van der Waals surface area contributed by atoms with Gasteiger partial charge >= 0.3 is 5.97 Å². The van der Waals surface area contributed by atoms with Gasteiger partial charge < -0.3 is 9.47 Å². The van der Waals surface area contributed by atoms with Gasteiger partial charge in [-0.3, -0.25) is 0 Å². The Labute approximate surface area is 113 Å². The minimum absolute atomic E-state index is 0.375. The lowest BCUT2D eigenvalue weighted by Gasteiger charge is -2.01. The van der Waals surface area contributed by atoms with Crippen LogP contribution in [0.5, 0.6) is 0 Å². The zero-order valence-corrected chi connectivity index (χ0v) is 11.0. The number of nitriles is 1. The number of hydrogen-bond acceptors (Lipinski definition) is 4. The van der Waals surface area contributed by atoms with Crippen LogP contribution < -0.4 is 0 Å². The van der Waals surface area contributed by atoms with Crippen molar-refractivity contribution >= 4 is 12.0 Å². The Hall–Kier alpha value is -2.12. The van der Waals surface area contributed by atoms with Crippen LogP contribution in [0.4, 0.5) is 0 Å². The average molecular weight is 259 g/mol. The van der Waals surface area contributed by atoms with E-state index in [0.717, 1.165) is 18.4 Å². The van der Waals surface area contributed by atoms with Gasteiger partial charge in [0.05, 0.1) is 18.2 Å². The summed E-state index contributed by atoms with van der Waals surface area (Å²) < 4.78 is 9.92. The molecule has 19 heavy (non-hydrogen) atoms. The number of methoxy groups -OCH3 is 1.